The summed E-state index contributed by atoms with van der Waals surface area (Å²) in [5.74, 6) is -2.39. The molecule has 12 heteroatoms. The monoisotopic (exact) mass is 603 g/mol. The summed E-state index contributed by atoms with van der Waals surface area (Å²) in [6.45, 7) is 7.31. The lowest BCUT2D eigenvalue weighted by atomic mass is 9.97. The second-order valence-electron chi connectivity index (χ2n) is 11.1. The molecule has 0 spiro atoms. The Kier molecular flexibility index (Phi) is 7.94. The number of ether oxygens (including phenoxy) is 2. The molecule has 2 aromatic carbocycles. The van der Waals surface area contributed by atoms with Gasteiger partial charge in [0.25, 0.3) is 11.8 Å². The van der Waals surface area contributed by atoms with Crippen molar-refractivity contribution in [2.45, 2.75) is 52.2 Å². The van der Waals surface area contributed by atoms with E-state index in [1.54, 1.807) is 36.4 Å². The van der Waals surface area contributed by atoms with Crippen LogP contribution >= 0.6 is 11.8 Å². The topological polar surface area (TPSA) is 132 Å². The molecule has 1 aliphatic carbocycles. The molecule has 43 heavy (non-hydrogen) atoms. The number of para-hydroxylation sites is 1. The predicted octanol–water partition coefficient (Wildman–Crippen LogP) is 5.00. The summed E-state index contributed by atoms with van der Waals surface area (Å²) in [7, 11) is 1.19. The number of hydrogen-bond donors (Lipinski definition) is 1. The van der Waals surface area contributed by atoms with Crippen molar-refractivity contribution in [1.82, 2.24) is 19.9 Å². The van der Waals surface area contributed by atoms with Crippen molar-refractivity contribution < 1.29 is 28.7 Å². The first kappa shape index (κ1) is 29.7. The quantitative estimate of drug-likeness (QED) is 0.241. The summed E-state index contributed by atoms with van der Waals surface area (Å²) in [6.07, 6.45) is 2.49. The molecule has 11 nitrogen and oxygen atoms in total. The highest BCUT2D eigenvalue weighted by Crippen LogP contribution is 2.35. The molecule has 222 valence electrons. The van der Waals surface area contributed by atoms with E-state index in [0.717, 1.165) is 21.1 Å². The molecule has 0 radical (unpaired) electrons. The number of fused-ring (bicyclic) bond motifs is 2. The van der Waals surface area contributed by atoms with Gasteiger partial charge in [-0.25, -0.2) is 23.5 Å². The maximum absolute atomic E-state index is 13.7. The number of esters is 2. The van der Waals surface area contributed by atoms with Gasteiger partial charge in [-0.1, -0.05) is 24.3 Å². The zero-order valence-electron chi connectivity index (χ0n) is 24.3. The number of nitrogens with zero attached hydrogens (tertiary/aromatic N) is 4. The van der Waals surface area contributed by atoms with Crippen LogP contribution in [0.2, 0.25) is 0 Å². The van der Waals surface area contributed by atoms with Crippen LogP contribution in [-0.2, 0) is 15.9 Å². The normalized spacial score (nSPS) is 14.2. The van der Waals surface area contributed by atoms with Gasteiger partial charge in [-0.15, -0.1) is 0 Å². The van der Waals surface area contributed by atoms with E-state index >= 15 is 0 Å². The molecule has 0 fully saturated rings. The van der Waals surface area contributed by atoms with E-state index in [1.807, 2.05) is 33.8 Å². The number of aromatic nitrogens is 3. The van der Waals surface area contributed by atoms with Crippen molar-refractivity contribution in [2.24, 2.45) is 0 Å². The molecule has 2 heterocycles. The number of hydrogen-bond acceptors (Lipinski definition) is 8. The molecule has 5 rings (SSSR count). The van der Waals surface area contributed by atoms with Crippen molar-refractivity contribution in [3.8, 4) is 0 Å². The van der Waals surface area contributed by atoms with Crippen molar-refractivity contribution in [3.63, 3.8) is 0 Å². The molecular weight excluding hydrogens is 574 g/mol. The van der Waals surface area contributed by atoms with Crippen LogP contribution in [0.3, 0.4) is 0 Å². The van der Waals surface area contributed by atoms with Gasteiger partial charge in [-0.05, 0) is 75.4 Å². The third-order valence-corrected chi connectivity index (χ3v) is 7.46. The molecule has 4 aromatic rings. The number of amides is 2. The third kappa shape index (κ3) is 5.80. The minimum atomic E-state index is -0.793. The van der Waals surface area contributed by atoms with Crippen molar-refractivity contribution in [2.75, 3.05) is 11.5 Å². The fraction of sp³-hybridized carbons (Fsp3) is 0.290. The second kappa shape index (κ2) is 11.5. The Morgan fingerprint density at radius 2 is 1.77 bits per heavy atom. The van der Waals surface area contributed by atoms with Crippen LogP contribution in [0.25, 0.3) is 5.65 Å². The van der Waals surface area contributed by atoms with E-state index in [4.69, 9.17) is 21.3 Å². The van der Waals surface area contributed by atoms with E-state index in [9.17, 15) is 19.2 Å². The molecule has 1 atom stereocenters. The van der Waals surface area contributed by atoms with Crippen LogP contribution in [0.4, 0.5) is 5.69 Å². The first-order chi connectivity index (χ1) is 20.4. The van der Waals surface area contributed by atoms with Crippen molar-refractivity contribution in [1.29, 1.82) is 0 Å². The zero-order valence-corrected chi connectivity index (χ0v) is 25.1. The summed E-state index contributed by atoms with van der Waals surface area (Å²) in [5.41, 5.74) is 2.67. The van der Waals surface area contributed by atoms with Crippen LogP contribution in [0.1, 0.15) is 91.6 Å². The van der Waals surface area contributed by atoms with Crippen LogP contribution in [-0.4, -0.2) is 51.1 Å². The third-order valence-electron chi connectivity index (χ3n) is 7.11. The summed E-state index contributed by atoms with van der Waals surface area (Å²) in [6, 6.07) is 13.0. The SMILES string of the molecule is COC(=O)c1cc(C(=O)NC2CCc3c2ccc(C(=O)OC(C)(C)C)c3C)n2ncc(C(=O)N(Cl)c3ccccc3)c2n1. The van der Waals surface area contributed by atoms with E-state index < -0.39 is 29.4 Å². The van der Waals surface area contributed by atoms with Gasteiger partial charge in [-0.2, -0.15) is 5.10 Å². The standard InChI is InChI=1S/C31H30ClN5O6/c1-17-19-13-14-23(21(19)12-11-20(17)29(40)43-31(2,3)4)35-27(38)25-15-24(30(41)42-5)34-26-22(16-33-37(25)26)28(39)36(32)18-9-7-6-8-10-18/h6-12,15-16,23H,13-14H2,1-5H3,(H,35,38). The largest absolute Gasteiger partial charge is 0.464 e. The summed E-state index contributed by atoms with van der Waals surface area (Å²) < 4.78 is 12.5. The lowest BCUT2D eigenvalue weighted by molar-refractivity contribution is 0.00681. The Balaban J connectivity index is 1.47. The number of carbonyl (C=O) groups is 4. The Hall–Kier alpha value is -4.77. The first-order valence-electron chi connectivity index (χ1n) is 13.6. The van der Waals surface area contributed by atoms with Gasteiger partial charge in [0.1, 0.15) is 16.9 Å². The summed E-state index contributed by atoms with van der Waals surface area (Å²) >= 11 is 6.34. The summed E-state index contributed by atoms with van der Waals surface area (Å²) in [5, 5.41) is 7.25. The highest BCUT2D eigenvalue weighted by Gasteiger charge is 2.31. The average molecular weight is 604 g/mol. The fourth-order valence-corrected chi connectivity index (χ4v) is 5.29. The van der Waals surface area contributed by atoms with Gasteiger partial charge >= 0.3 is 11.9 Å². The average Bonchev–Trinajstić information content (AvgIpc) is 3.60. The maximum atomic E-state index is 13.7. The van der Waals surface area contributed by atoms with Gasteiger partial charge in [0.15, 0.2) is 11.3 Å². The van der Waals surface area contributed by atoms with E-state index in [1.165, 1.54) is 23.9 Å². The number of benzene rings is 2. The molecule has 1 aliphatic rings. The highest BCUT2D eigenvalue weighted by molar-refractivity contribution is 6.39. The van der Waals surface area contributed by atoms with E-state index in [-0.39, 0.29) is 28.6 Å². The van der Waals surface area contributed by atoms with Crippen LogP contribution in [0.15, 0.2) is 54.7 Å². The van der Waals surface area contributed by atoms with Crippen molar-refractivity contribution >= 4 is 46.9 Å². The number of methoxy groups -OCH3 is 1. The van der Waals surface area contributed by atoms with Gasteiger partial charge in [0.2, 0.25) is 0 Å². The highest BCUT2D eigenvalue weighted by atomic mass is 35.5. The van der Waals surface area contributed by atoms with Gasteiger partial charge in [0.05, 0.1) is 30.6 Å². The molecule has 1 N–H and O–H groups in total. The Morgan fingerprint density at radius 1 is 1.05 bits per heavy atom. The fourth-order valence-electron chi connectivity index (χ4n) is 5.08. The molecule has 0 aliphatic heterocycles. The first-order valence-corrected chi connectivity index (χ1v) is 13.9. The Morgan fingerprint density at radius 3 is 2.44 bits per heavy atom. The lowest BCUT2D eigenvalue weighted by Crippen LogP contribution is -2.30. The molecule has 0 bridgehead atoms. The van der Waals surface area contributed by atoms with Crippen LogP contribution < -0.4 is 9.74 Å². The van der Waals surface area contributed by atoms with Crippen LogP contribution in [0, 0.1) is 6.92 Å². The molecule has 0 saturated carbocycles. The lowest BCUT2D eigenvalue weighted by Gasteiger charge is -2.21. The Labute approximate surface area is 252 Å². The second-order valence-corrected chi connectivity index (χ2v) is 11.4. The van der Waals surface area contributed by atoms with Gasteiger partial charge in [-0.3, -0.25) is 9.59 Å². The number of rotatable bonds is 6. The van der Waals surface area contributed by atoms with E-state index in [0.29, 0.717) is 24.1 Å². The predicted molar refractivity (Wildman–Crippen MR) is 158 cm³/mol. The molecule has 2 aromatic heterocycles. The molecule has 0 saturated heterocycles. The van der Waals surface area contributed by atoms with Crippen molar-refractivity contribution in [3.05, 3.63) is 93.9 Å². The number of anilines is 1. The number of nitrogens with one attached hydrogen (secondary N) is 1. The molecule has 1 unspecified atom stereocenters. The van der Waals surface area contributed by atoms with E-state index in [2.05, 4.69) is 15.4 Å². The number of halogens is 1. The smallest absolute Gasteiger partial charge is 0.356 e. The molecule has 2 amide bonds. The van der Waals surface area contributed by atoms with Crippen LogP contribution in [0.5, 0.6) is 0 Å². The van der Waals surface area contributed by atoms with Gasteiger partial charge in [0, 0.05) is 17.8 Å². The Bertz CT molecular complexity index is 1760. The maximum Gasteiger partial charge on any atom is 0.356 e. The summed E-state index contributed by atoms with van der Waals surface area (Å²) in [4.78, 5) is 56.5. The zero-order chi connectivity index (χ0) is 31.1. The minimum Gasteiger partial charge on any atom is -0.464 e. The minimum absolute atomic E-state index is 0.0184. The van der Waals surface area contributed by atoms with Gasteiger partial charge < -0.3 is 14.8 Å². The molecular formula is C31H30ClN5O6. The number of carbonyl (C=O) groups excluding carboxylic acids is 4.